The Hall–Kier alpha value is -1.49. The lowest BCUT2D eigenvalue weighted by Gasteiger charge is -2.19. The predicted octanol–water partition coefficient (Wildman–Crippen LogP) is 1.31. The Labute approximate surface area is 73.8 Å². The maximum absolute atomic E-state index is 12.9. The standard InChI is InChI=1S/C8H8F2N2O/c9-6-4-7(10)8(2-1-3-13)12(11)5-6/h2-5H,1,11H2/b8-2-. The summed E-state index contributed by atoms with van der Waals surface area (Å²) in [5.74, 6) is 3.70. The molecule has 0 unspecified atom stereocenters. The highest BCUT2D eigenvalue weighted by Crippen LogP contribution is 2.22. The number of nitrogens with zero attached hydrogens (tertiary/aromatic N) is 1. The molecule has 5 heteroatoms. The number of carbonyl (C=O) groups is 1. The van der Waals surface area contributed by atoms with Gasteiger partial charge < -0.3 is 4.79 Å². The van der Waals surface area contributed by atoms with Crippen LogP contribution in [0.2, 0.25) is 0 Å². The number of halogens is 2. The molecule has 1 aliphatic rings. The lowest BCUT2D eigenvalue weighted by Crippen LogP contribution is -2.26. The smallest absolute Gasteiger partial charge is 0.150 e. The molecule has 0 aliphatic carbocycles. The third-order valence-corrected chi connectivity index (χ3v) is 1.46. The Balaban J connectivity index is 2.89. The van der Waals surface area contributed by atoms with Gasteiger partial charge in [0.25, 0.3) is 0 Å². The van der Waals surface area contributed by atoms with Crippen molar-refractivity contribution in [1.82, 2.24) is 5.01 Å². The summed E-state index contributed by atoms with van der Waals surface area (Å²) in [7, 11) is 0. The minimum Gasteiger partial charge on any atom is -0.303 e. The third-order valence-electron chi connectivity index (χ3n) is 1.46. The first-order valence-electron chi connectivity index (χ1n) is 3.57. The van der Waals surface area contributed by atoms with Crippen LogP contribution in [0.5, 0.6) is 0 Å². The van der Waals surface area contributed by atoms with Gasteiger partial charge in [-0.3, -0.25) is 5.01 Å². The number of nitrogens with two attached hydrogens (primary N) is 1. The van der Waals surface area contributed by atoms with Crippen LogP contribution in [0.15, 0.2) is 35.7 Å². The molecule has 1 heterocycles. The molecule has 0 fully saturated rings. The molecule has 1 aliphatic heterocycles. The highest BCUT2D eigenvalue weighted by atomic mass is 19.1. The van der Waals surface area contributed by atoms with Crippen LogP contribution in [-0.2, 0) is 4.79 Å². The van der Waals surface area contributed by atoms with E-state index in [2.05, 4.69) is 0 Å². The second kappa shape index (κ2) is 3.95. The average Bonchev–Trinajstić information content (AvgIpc) is 2.02. The van der Waals surface area contributed by atoms with Crippen molar-refractivity contribution < 1.29 is 13.6 Å². The Morgan fingerprint density at radius 2 is 2.23 bits per heavy atom. The number of hydrogen-bond acceptors (Lipinski definition) is 3. The van der Waals surface area contributed by atoms with Gasteiger partial charge in [-0.25, -0.2) is 14.6 Å². The molecule has 0 aromatic carbocycles. The van der Waals surface area contributed by atoms with E-state index in [1.807, 2.05) is 0 Å². The van der Waals surface area contributed by atoms with Gasteiger partial charge in [0.2, 0.25) is 0 Å². The van der Waals surface area contributed by atoms with Crippen LogP contribution < -0.4 is 5.84 Å². The average molecular weight is 186 g/mol. The summed E-state index contributed by atoms with van der Waals surface area (Å²) < 4.78 is 25.5. The number of carbonyl (C=O) groups excluding carboxylic acids is 1. The number of rotatable bonds is 2. The van der Waals surface area contributed by atoms with E-state index in [1.54, 1.807) is 0 Å². The summed E-state index contributed by atoms with van der Waals surface area (Å²) in [6.07, 6.45) is 3.56. The fourth-order valence-corrected chi connectivity index (χ4v) is 0.921. The molecular formula is C8H8F2N2O. The zero-order chi connectivity index (χ0) is 9.84. The van der Waals surface area contributed by atoms with Crippen LogP contribution in [0.25, 0.3) is 0 Å². The third kappa shape index (κ3) is 2.22. The molecule has 0 radical (unpaired) electrons. The molecule has 0 amide bonds. The van der Waals surface area contributed by atoms with Crippen molar-refractivity contribution in [3.8, 4) is 0 Å². The molecule has 3 nitrogen and oxygen atoms in total. The second-order valence-electron chi connectivity index (χ2n) is 2.41. The van der Waals surface area contributed by atoms with Crippen LogP contribution in [0.3, 0.4) is 0 Å². The molecule has 0 saturated carbocycles. The molecular weight excluding hydrogens is 178 g/mol. The van der Waals surface area contributed by atoms with Crippen molar-refractivity contribution in [2.45, 2.75) is 6.42 Å². The summed E-state index contributed by atoms with van der Waals surface area (Å²) in [6.45, 7) is 0. The van der Waals surface area contributed by atoms with E-state index in [0.29, 0.717) is 12.4 Å². The van der Waals surface area contributed by atoms with Gasteiger partial charge in [0.05, 0.1) is 11.9 Å². The molecule has 0 aromatic heterocycles. The van der Waals surface area contributed by atoms with E-state index in [9.17, 15) is 13.6 Å². The highest BCUT2D eigenvalue weighted by molar-refractivity contribution is 5.53. The Morgan fingerprint density at radius 3 is 2.77 bits per heavy atom. The number of allylic oxidation sites excluding steroid dienone is 4. The second-order valence-corrected chi connectivity index (χ2v) is 2.41. The van der Waals surface area contributed by atoms with E-state index in [4.69, 9.17) is 5.84 Å². The molecule has 0 aromatic rings. The van der Waals surface area contributed by atoms with E-state index < -0.39 is 11.7 Å². The van der Waals surface area contributed by atoms with Crippen LogP contribution >= 0.6 is 0 Å². The number of aldehydes is 1. The van der Waals surface area contributed by atoms with Gasteiger partial charge in [-0.2, -0.15) is 0 Å². The molecule has 0 spiro atoms. The zero-order valence-corrected chi connectivity index (χ0v) is 6.71. The lowest BCUT2D eigenvalue weighted by molar-refractivity contribution is -0.107. The quantitative estimate of drug-likeness (QED) is 0.522. The van der Waals surface area contributed by atoms with E-state index in [-0.39, 0.29) is 12.1 Å². The van der Waals surface area contributed by atoms with E-state index in [1.165, 1.54) is 6.08 Å². The largest absolute Gasteiger partial charge is 0.303 e. The normalized spacial score (nSPS) is 19.9. The predicted molar refractivity (Wildman–Crippen MR) is 43.2 cm³/mol. The highest BCUT2D eigenvalue weighted by Gasteiger charge is 2.15. The van der Waals surface area contributed by atoms with Gasteiger partial charge in [-0.15, -0.1) is 0 Å². The monoisotopic (exact) mass is 186 g/mol. The summed E-state index contributed by atoms with van der Waals surface area (Å²) >= 11 is 0. The van der Waals surface area contributed by atoms with Crippen LogP contribution in [0, 0.1) is 0 Å². The van der Waals surface area contributed by atoms with Crippen molar-refractivity contribution in [2.75, 3.05) is 0 Å². The van der Waals surface area contributed by atoms with Crippen molar-refractivity contribution in [2.24, 2.45) is 5.84 Å². The van der Waals surface area contributed by atoms with Gasteiger partial charge in [0.15, 0.2) is 5.83 Å². The Kier molecular flexibility index (Phi) is 2.92. The minimum absolute atomic E-state index is 0.00602. The molecule has 0 bridgehead atoms. The molecule has 13 heavy (non-hydrogen) atoms. The SMILES string of the molecule is NN1C=C(F)C=C(F)/C1=C/CC=O. The summed E-state index contributed by atoms with van der Waals surface area (Å²) in [6, 6.07) is 0. The van der Waals surface area contributed by atoms with Crippen molar-refractivity contribution >= 4 is 6.29 Å². The topological polar surface area (TPSA) is 46.3 Å². The van der Waals surface area contributed by atoms with Crippen LogP contribution in [0.1, 0.15) is 6.42 Å². The van der Waals surface area contributed by atoms with Gasteiger partial charge in [0, 0.05) is 12.5 Å². The maximum atomic E-state index is 12.9. The fourth-order valence-electron chi connectivity index (χ4n) is 0.921. The molecule has 0 atom stereocenters. The molecule has 2 N–H and O–H groups in total. The lowest BCUT2D eigenvalue weighted by atomic mass is 10.2. The molecule has 70 valence electrons. The Morgan fingerprint density at radius 1 is 1.54 bits per heavy atom. The number of hydrazine groups is 1. The van der Waals surface area contributed by atoms with Crippen molar-refractivity contribution in [3.63, 3.8) is 0 Å². The summed E-state index contributed by atoms with van der Waals surface area (Å²) in [5, 5.41) is 0.800. The summed E-state index contributed by atoms with van der Waals surface area (Å²) in [5.41, 5.74) is -0.00602. The van der Waals surface area contributed by atoms with Gasteiger partial charge in [0.1, 0.15) is 12.1 Å². The van der Waals surface area contributed by atoms with E-state index in [0.717, 1.165) is 11.2 Å². The zero-order valence-electron chi connectivity index (χ0n) is 6.71. The van der Waals surface area contributed by atoms with E-state index >= 15 is 0 Å². The maximum Gasteiger partial charge on any atom is 0.150 e. The number of hydrogen-bond donors (Lipinski definition) is 1. The minimum atomic E-state index is -0.788. The first-order valence-corrected chi connectivity index (χ1v) is 3.57. The van der Waals surface area contributed by atoms with Crippen molar-refractivity contribution in [1.29, 1.82) is 0 Å². The fraction of sp³-hybridized carbons (Fsp3) is 0.125. The first kappa shape index (κ1) is 9.60. The van der Waals surface area contributed by atoms with Gasteiger partial charge in [-0.1, -0.05) is 0 Å². The van der Waals surface area contributed by atoms with Crippen LogP contribution in [0.4, 0.5) is 8.78 Å². The van der Waals surface area contributed by atoms with Crippen LogP contribution in [-0.4, -0.2) is 11.3 Å². The Bertz CT molecular complexity index is 307. The molecule has 0 saturated heterocycles. The summed E-state index contributed by atoms with van der Waals surface area (Å²) in [4.78, 5) is 9.99. The first-order chi connectivity index (χ1) is 6.15. The molecule has 1 rings (SSSR count). The van der Waals surface area contributed by atoms with Gasteiger partial charge in [-0.05, 0) is 6.08 Å². The van der Waals surface area contributed by atoms with Crippen molar-refractivity contribution in [3.05, 3.63) is 35.7 Å². The van der Waals surface area contributed by atoms with Gasteiger partial charge >= 0.3 is 0 Å².